The number of carbonyl (C=O) groups excluding carboxylic acids is 1. The number of nitrogens with two attached hydrogens (primary N) is 2. The normalized spacial score (nSPS) is 10.1. The molecule has 1 aromatic heterocycles. The highest BCUT2D eigenvalue weighted by atomic mass is 35.5. The van der Waals surface area contributed by atoms with Crippen LogP contribution in [0.5, 0.6) is 0 Å². The fourth-order valence-corrected chi connectivity index (χ4v) is 1.52. The van der Waals surface area contributed by atoms with E-state index in [1.165, 1.54) is 6.26 Å². The van der Waals surface area contributed by atoms with Crippen LogP contribution in [-0.4, -0.2) is 16.9 Å². The standard InChI is InChI=1S/C11H9ClN4O2/c12-7-4-2-1-3-6(7)10-15-8(5-18-10)9(17)16-11(13)14/h1-5H,(H4,13,14,16,17). The van der Waals surface area contributed by atoms with Gasteiger partial charge in [-0.25, -0.2) is 4.98 Å². The molecular weight excluding hydrogens is 256 g/mol. The summed E-state index contributed by atoms with van der Waals surface area (Å²) in [5, 5.41) is 0.472. The molecule has 0 bridgehead atoms. The van der Waals surface area contributed by atoms with Crippen LogP contribution in [-0.2, 0) is 0 Å². The Morgan fingerprint density at radius 3 is 2.72 bits per heavy atom. The number of benzene rings is 1. The van der Waals surface area contributed by atoms with Crippen molar-refractivity contribution in [2.75, 3.05) is 0 Å². The summed E-state index contributed by atoms with van der Waals surface area (Å²) in [6.45, 7) is 0. The van der Waals surface area contributed by atoms with Gasteiger partial charge in [0.05, 0.1) is 10.6 Å². The number of rotatable bonds is 2. The molecule has 0 saturated heterocycles. The fraction of sp³-hybridized carbons (Fsp3) is 0. The maximum atomic E-state index is 11.5. The Kier molecular flexibility index (Phi) is 3.29. The van der Waals surface area contributed by atoms with Gasteiger partial charge in [-0.2, -0.15) is 4.99 Å². The molecule has 6 nitrogen and oxygen atoms in total. The molecule has 2 rings (SSSR count). The maximum absolute atomic E-state index is 11.5. The van der Waals surface area contributed by atoms with Crippen LogP contribution in [0.3, 0.4) is 0 Å². The van der Waals surface area contributed by atoms with Crippen LogP contribution < -0.4 is 11.5 Å². The molecule has 0 aliphatic heterocycles. The molecule has 4 N–H and O–H groups in total. The van der Waals surface area contributed by atoms with Crippen molar-refractivity contribution in [1.29, 1.82) is 0 Å². The first-order valence-electron chi connectivity index (χ1n) is 4.92. The van der Waals surface area contributed by atoms with E-state index in [0.29, 0.717) is 10.6 Å². The average Bonchev–Trinajstić information content (AvgIpc) is 2.78. The van der Waals surface area contributed by atoms with Gasteiger partial charge in [0.1, 0.15) is 6.26 Å². The van der Waals surface area contributed by atoms with Crippen LogP contribution in [0.2, 0.25) is 5.02 Å². The molecule has 0 aliphatic carbocycles. The van der Waals surface area contributed by atoms with Crippen LogP contribution in [0.4, 0.5) is 0 Å². The summed E-state index contributed by atoms with van der Waals surface area (Å²) >= 11 is 5.98. The van der Waals surface area contributed by atoms with Gasteiger partial charge in [-0.05, 0) is 12.1 Å². The molecule has 1 amide bonds. The SMILES string of the molecule is NC(N)=NC(=O)c1coc(-c2ccccc2Cl)n1. The molecule has 0 atom stereocenters. The predicted molar refractivity (Wildman–Crippen MR) is 67.1 cm³/mol. The molecule has 18 heavy (non-hydrogen) atoms. The van der Waals surface area contributed by atoms with Crippen LogP contribution >= 0.6 is 11.6 Å². The maximum Gasteiger partial charge on any atom is 0.302 e. The number of hydrogen-bond donors (Lipinski definition) is 2. The number of carbonyl (C=O) groups is 1. The van der Waals surface area contributed by atoms with Crippen molar-refractivity contribution >= 4 is 23.5 Å². The molecule has 0 aliphatic rings. The topological polar surface area (TPSA) is 108 Å². The van der Waals surface area contributed by atoms with E-state index in [2.05, 4.69) is 9.98 Å². The van der Waals surface area contributed by atoms with Crippen molar-refractivity contribution in [3.05, 3.63) is 41.2 Å². The highest BCUT2D eigenvalue weighted by Gasteiger charge is 2.14. The summed E-state index contributed by atoms with van der Waals surface area (Å²) in [5.74, 6) is -0.769. The molecule has 92 valence electrons. The minimum atomic E-state index is -0.669. The van der Waals surface area contributed by atoms with E-state index in [-0.39, 0.29) is 17.5 Å². The van der Waals surface area contributed by atoms with E-state index in [1.54, 1.807) is 24.3 Å². The Bertz CT molecular complexity index is 617. The summed E-state index contributed by atoms with van der Waals surface area (Å²) in [4.78, 5) is 18.8. The van der Waals surface area contributed by atoms with Gasteiger partial charge < -0.3 is 15.9 Å². The first-order chi connectivity index (χ1) is 8.58. The van der Waals surface area contributed by atoms with Gasteiger partial charge in [-0.3, -0.25) is 4.79 Å². The summed E-state index contributed by atoms with van der Waals surface area (Å²) in [6.07, 6.45) is 1.17. The monoisotopic (exact) mass is 264 g/mol. The van der Waals surface area contributed by atoms with E-state index < -0.39 is 5.91 Å². The Morgan fingerprint density at radius 1 is 1.33 bits per heavy atom. The molecule has 0 spiro atoms. The van der Waals surface area contributed by atoms with Crippen LogP contribution in [0.25, 0.3) is 11.5 Å². The van der Waals surface area contributed by atoms with Crippen molar-refractivity contribution in [2.24, 2.45) is 16.5 Å². The quantitative estimate of drug-likeness (QED) is 0.630. The lowest BCUT2D eigenvalue weighted by Crippen LogP contribution is -2.24. The summed E-state index contributed by atoms with van der Waals surface area (Å²) in [7, 11) is 0. The molecular formula is C11H9ClN4O2. The molecule has 0 unspecified atom stereocenters. The van der Waals surface area contributed by atoms with E-state index in [9.17, 15) is 4.79 Å². The van der Waals surface area contributed by atoms with Gasteiger partial charge >= 0.3 is 5.91 Å². The summed E-state index contributed by atoms with van der Waals surface area (Å²) in [6, 6.07) is 6.98. The highest BCUT2D eigenvalue weighted by molar-refractivity contribution is 6.33. The largest absolute Gasteiger partial charge is 0.444 e. The first-order valence-corrected chi connectivity index (χ1v) is 5.30. The third kappa shape index (κ3) is 2.49. The number of guanidine groups is 1. The molecule has 1 heterocycles. The van der Waals surface area contributed by atoms with Crippen LogP contribution in [0.1, 0.15) is 10.5 Å². The van der Waals surface area contributed by atoms with Gasteiger partial charge in [-0.1, -0.05) is 23.7 Å². The minimum absolute atomic E-state index is 0.0123. The third-order valence-electron chi connectivity index (χ3n) is 2.06. The van der Waals surface area contributed by atoms with Crippen LogP contribution in [0.15, 0.2) is 39.9 Å². The van der Waals surface area contributed by atoms with Gasteiger partial charge in [-0.15, -0.1) is 0 Å². The third-order valence-corrected chi connectivity index (χ3v) is 2.39. The molecule has 0 fully saturated rings. The Morgan fingerprint density at radius 2 is 2.06 bits per heavy atom. The van der Waals surface area contributed by atoms with Crippen molar-refractivity contribution in [3.63, 3.8) is 0 Å². The second kappa shape index (κ2) is 4.89. The second-order valence-electron chi connectivity index (χ2n) is 3.36. The lowest BCUT2D eigenvalue weighted by Gasteiger charge is -1.96. The lowest BCUT2D eigenvalue weighted by molar-refractivity contribution is 0.0998. The van der Waals surface area contributed by atoms with Crippen molar-refractivity contribution in [1.82, 2.24) is 4.98 Å². The number of nitrogens with zero attached hydrogens (tertiary/aromatic N) is 2. The zero-order chi connectivity index (χ0) is 13.1. The summed E-state index contributed by atoms with van der Waals surface area (Å²) < 4.78 is 5.17. The molecule has 2 aromatic rings. The number of halogens is 1. The van der Waals surface area contributed by atoms with E-state index in [0.717, 1.165) is 0 Å². The van der Waals surface area contributed by atoms with Crippen LogP contribution in [0, 0.1) is 0 Å². The minimum Gasteiger partial charge on any atom is -0.444 e. The molecule has 0 radical (unpaired) electrons. The first kappa shape index (κ1) is 12.1. The van der Waals surface area contributed by atoms with Gasteiger partial charge in [0.25, 0.3) is 0 Å². The Balaban J connectivity index is 2.35. The average molecular weight is 265 g/mol. The Hall–Kier alpha value is -2.34. The lowest BCUT2D eigenvalue weighted by atomic mass is 10.2. The molecule has 0 saturated carbocycles. The zero-order valence-electron chi connectivity index (χ0n) is 9.13. The van der Waals surface area contributed by atoms with Gasteiger partial charge in [0.15, 0.2) is 11.7 Å². The second-order valence-corrected chi connectivity index (χ2v) is 3.77. The van der Waals surface area contributed by atoms with Crippen molar-refractivity contribution in [3.8, 4) is 11.5 Å². The zero-order valence-corrected chi connectivity index (χ0v) is 9.89. The Labute approximate surface area is 107 Å². The van der Waals surface area contributed by atoms with Crippen molar-refractivity contribution in [2.45, 2.75) is 0 Å². The highest BCUT2D eigenvalue weighted by Crippen LogP contribution is 2.26. The number of oxazole rings is 1. The predicted octanol–water partition coefficient (Wildman–Crippen LogP) is 1.41. The number of amides is 1. The van der Waals surface area contributed by atoms with Gasteiger partial charge in [0.2, 0.25) is 5.89 Å². The smallest absolute Gasteiger partial charge is 0.302 e. The molecule has 1 aromatic carbocycles. The van der Waals surface area contributed by atoms with Gasteiger partial charge in [0, 0.05) is 0 Å². The summed E-state index contributed by atoms with van der Waals surface area (Å²) in [5.41, 5.74) is 10.8. The van der Waals surface area contributed by atoms with E-state index in [1.807, 2.05) is 0 Å². The number of aliphatic imine (C=N–C) groups is 1. The molecule has 7 heteroatoms. The number of aromatic nitrogens is 1. The van der Waals surface area contributed by atoms with E-state index >= 15 is 0 Å². The number of hydrogen-bond acceptors (Lipinski definition) is 3. The van der Waals surface area contributed by atoms with E-state index in [4.69, 9.17) is 27.5 Å². The fourth-order valence-electron chi connectivity index (χ4n) is 1.30. The van der Waals surface area contributed by atoms with Crippen molar-refractivity contribution < 1.29 is 9.21 Å².